The minimum absolute atomic E-state index is 0.0235. The Labute approximate surface area is 213 Å². The molecule has 3 aliphatic heterocycles. The van der Waals surface area contributed by atoms with E-state index in [1.807, 2.05) is 19.2 Å². The highest BCUT2D eigenvalue weighted by atomic mass is 19.1. The predicted octanol–water partition coefficient (Wildman–Crippen LogP) is 4.69. The Morgan fingerprint density at radius 1 is 0.973 bits per heavy atom. The third-order valence-electron chi connectivity index (χ3n) is 7.33. The number of carbonyl (C=O) groups excluding carboxylic acids is 1. The van der Waals surface area contributed by atoms with E-state index in [1.165, 1.54) is 26.4 Å². The average molecular weight is 508 g/mol. The molecule has 6 rings (SSSR count). The molecule has 0 saturated carbocycles. The van der Waals surface area contributed by atoms with Gasteiger partial charge in [0.15, 0.2) is 23.0 Å². The van der Waals surface area contributed by atoms with E-state index in [0.717, 1.165) is 16.7 Å². The third-order valence-corrected chi connectivity index (χ3v) is 7.33. The summed E-state index contributed by atoms with van der Waals surface area (Å²) in [4.78, 5) is 15.3. The van der Waals surface area contributed by atoms with Gasteiger partial charge in [-0.2, -0.15) is 0 Å². The molecule has 0 radical (unpaired) electrons. The molecule has 0 unspecified atom stereocenters. The summed E-state index contributed by atoms with van der Waals surface area (Å²) in [6.45, 7) is 0.690. The number of rotatable bonds is 5. The predicted molar refractivity (Wildman–Crippen MR) is 131 cm³/mol. The lowest BCUT2D eigenvalue weighted by Gasteiger charge is -2.39. The first-order valence-electron chi connectivity index (χ1n) is 11.9. The van der Waals surface area contributed by atoms with E-state index >= 15 is 0 Å². The highest BCUT2D eigenvalue weighted by Gasteiger charge is 2.47. The minimum atomic E-state index is -0.652. The largest absolute Gasteiger partial charge is 0.493 e. The molecule has 192 valence electrons. The second kappa shape index (κ2) is 8.85. The molecule has 0 bridgehead atoms. The van der Waals surface area contributed by atoms with Gasteiger partial charge in [-0.25, -0.2) is 9.18 Å². The number of esters is 1. The number of ether oxygens (including phenoxy) is 6. The van der Waals surface area contributed by atoms with Crippen molar-refractivity contribution >= 4 is 5.97 Å². The van der Waals surface area contributed by atoms with Crippen molar-refractivity contribution < 1.29 is 37.6 Å². The molecule has 3 aliphatic rings. The maximum atomic E-state index is 14.3. The monoisotopic (exact) mass is 507 g/mol. The van der Waals surface area contributed by atoms with Crippen LogP contribution < -0.4 is 23.7 Å². The minimum Gasteiger partial charge on any atom is -0.493 e. The highest BCUT2D eigenvalue weighted by Crippen LogP contribution is 2.58. The van der Waals surface area contributed by atoms with Crippen LogP contribution in [0, 0.1) is 5.82 Å². The number of likely N-dealkylation sites (N-methyl/N-ethyl adjacent to an activating group) is 1. The van der Waals surface area contributed by atoms with Crippen molar-refractivity contribution in [2.45, 2.75) is 18.6 Å². The normalized spacial score (nSPS) is 19.8. The van der Waals surface area contributed by atoms with Crippen LogP contribution in [0.15, 0.2) is 36.4 Å². The molecule has 0 spiro atoms. The van der Waals surface area contributed by atoms with Gasteiger partial charge >= 0.3 is 5.97 Å². The van der Waals surface area contributed by atoms with Crippen molar-refractivity contribution in [3.05, 3.63) is 64.5 Å². The van der Waals surface area contributed by atoms with Gasteiger partial charge in [-0.3, -0.25) is 4.90 Å². The fourth-order valence-corrected chi connectivity index (χ4v) is 5.78. The second-order valence-corrected chi connectivity index (χ2v) is 9.14. The summed E-state index contributed by atoms with van der Waals surface area (Å²) in [5.74, 6) is 1.46. The van der Waals surface area contributed by atoms with Gasteiger partial charge in [0, 0.05) is 23.2 Å². The number of methoxy groups -OCH3 is 3. The highest BCUT2D eigenvalue weighted by molar-refractivity contribution is 5.98. The smallest absolute Gasteiger partial charge is 0.343 e. The number of hydrogen-bond donors (Lipinski definition) is 0. The van der Waals surface area contributed by atoms with Crippen LogP contribution in [-0.4, -0.2) is 52.6 Å². The van der Waals surface area contributed by atoms with Crippen LogP contribution in [0.2, 0.25) is 0 Å². The zero-order chi connectivity index (χ0) is 25.8. The molecular formula is C28H26FNO7. The number of benzene rings is 3. The van der Waals surface area contributed by atoms with Crippen molar-refractivity contribution in [1.29, 1.82) is 0 Å². The Balaban J connectivity index is 1.60. The van der Waals surface area contributed by atoms with Crippen LogP contribution in [0.25, 0.3) is 11.1 Å². The van der Waals surface area contributed by atoms with Crippen molar-refractivity contribution in [2.24, 2.45) is 0 Å². The maximum Gasteiger partial charge on any atom is 0.343 e. The molecule has 3 heterocycles. The van der Waals surface area contributed by atoms with Crippen molar-refractivity contribution in [3.63, 3.8) is 0 Å². The van der Waals surface area contributed by atoms with Gasteiger partial charge in [-0.15, -0.1) is 0 Å². The quantitative estimate of drug-likeness (QED) is 0.461. The average Bonchev–Trinajstić information content (AvgIpc) is 3.51. The second-order valence-electron chi connectivity index (χ2n) is 9.14. The lowest BCUT2D eigenvalue weighted by Crippen LogP contribution is -2.36. The van der Waals surface area contributed by atoms with Crippen LogP contribution in [0.5, 0.6) is 28.7 Å². The number of cyclic esters (lactones) is 1. The molecule has 0 aliphatic carbocycles. The summed E-state index contributed by atoms with van der Waals surface area (Å²) in [6.07, 6.45) is 0.00155. The number of halogens is 1. The Morgan fingerprint density at radius 2 is 1.76 bits per heavy atom. The van der Waals surface area contributed by atoms with E-state index in [2.05, 4.69) is 4.90 Å². The summed E-state index contributed by atoms with van der Waals surface area (Å²) >= 11 is 0. The summed E-state index contributed by atoms with van der Waals surface area (Å²) in [5.41, 5.74) is 4.24. The topological polar surface area (TPSA) is 75.7 Å². The van der Waals surface area contributed by atoms with Crippen molar-refractivity contribution in [3.8, 4) is 39.9 Å². The SMILES string of the molecule is COc1ccc2c(c1OC)C(=O)O[C@@H]2[C@H]1c2c(c(-c3cccc(F)c3)c3c(c2OC)OCO3)CCN1C. The molecule has 2 atom stereocenters. The van der Waals surface area contributed by atoms with Gasteiger partial charge in [-0.1, -0.05) is 18.2 Å². The van der Waals surface area contributed by atoms with E-state index < -0.39 is 18.1 Å². The van der Waals surface area contributed by atoms with E-state index in [4.69, 9.17) is 28.4 Å². The van der Waals surface area contributed by atoms with Crippen molar-refractivity contribution in [1.82, 2.24) is 4.90 Å². The van der Waals surface area contributed by atoms with Gasteiger partial charge in [0.1, 0.15) is 17.5 Å². The summed E-state index contributed by atoms with van der Waals surface area (Å²) in [7, 11) is 6.57. The zero-order valence-corrected chi connectivity index (χ0v) is 20.9. The molecule has 0 amide bonds. The van der Waals surface area contributed by atoms with Gasteiger partial charge in [0.05, 0.1) is 27.4 Å². The molecule has 3 aromatic carbocycles. The molecule has 0 fully saturated rings. The van der Waals surface area contributed by atoms with Gasteiger partial charge in [0.25, 0.3) is 0 Å². The van der Waals surface area contributed by atoms with E-state index in [9.17, 15) is 9.18 Å². The van der Waals surface area contributed by atoms with Gasteiger partial charge in [-0.05, 0) is 42.8 Å². The first-order valence-corrected chi connectivity index (χ1v) is 11.9. The van der Waals surface area contributed by atoms with E-state index in [1.54, 1.807) is 19.2 Å². The van der Waals surface area contributed by atoms with Crippen LogP contribution in [-0.2, 0) is 11.2 Å². The molecular weight excluding hydrogens is 481 g/mol. The Morgan fingerprint density at radius 3 is 2.49 bits per heavy atom. The Bertz CT molecular complexity index is 1420. The molecule has 3 aromatic rings. The summed E-state index contributed by atoms with van der Waals surface area (Å²) in [5, 5.41) is 0. The van der Waals surface area contributed by atoms with Gasteiger partial charge in [0.2, 0.25) is 12.5 Å². The lowest BCUT2D eigenvalue weighted by molar-refractivity contribution is 0.00877. The molecule has 37 heavy (non-hydrogen) atoms. The van der Waals surface area contributed by atoms with Gasteiger partial charge < -0.3 is 28.4 Å². The Kier molecular flexibility index (Phi) is 5.60. The zero-order valence-electron chi connectivity index (χ0n) is 20.9. The maximum absolute atomic E-state index is 14.3. The number of nitrogens with zero attached hydrogens (tertiary/aromatic N) is 1. The Hall–Kier alpha value is -3.98. The van der Waals surface area contributed by atoms with Crippen LogP contribution in [0.3, 0.4) is 0 Å². The first kappa shape index (κ1) is 23.4. The third kappa shape index (κ3) is 3.41. The standard InChI is InChI=1S/C28H26FNO7/c1-30-11-10-16-19(14-6-5-7-15(29)12-14)26-27(36-13-35-26)25(34-4)20(16)22(30)23-17-8-9-18(32-2)24(33-3)21(17)28(31)37-23/h5-9,12,22-23H,10-11,13H2,1-4H3/t22-,23+/m1/s1. The molecule has 0 saturated heterocycles. The van der Waals surface area contributed by atoms with Crippen LogP contribution in [0.4, 0.5) is 4.39 Å². The fourth-order valence-electron chi connectivity index (χ4n) is 5.78. The number of carbonyl (C=O) groups is 1. The molecule has 0 N–H and O–H groups in total. The summed E-state index contributed by atoms with van der Waals surface area (Å²) < 4.78 is 49.0. The first-order chi connectivity index (χ1) is 18.0. The molecule has 9 heteroatoms. The van der Waals surface area contributed by atoms with Crippen molar-refractivity contribution in [2.75, 3.05) is 41.7 Å². The summed E-state index contributed by atoms with van der Waals surface area (Å²) in [6, 6.07) is 9.60. The van der Waals surface area contributed by atoms with Crippen LogP contribution >= 0.6 is 0 Å². The molecule has 8 nitrogen and oxygen atoms in total. The van der Waals surface area contributed by atoms with Crippen LogP contribution in [0.1, 0.15) is 39.2 Å². The lowest BCUT2D eigenvalue weighted by atomic mass is 9.81. The number of hydrogen-bond acceptors (Lipinski definition) is 8. The number of fused-ring (bicyclic) bond motifs is 3. The van der Waals surface area contributed by atoms with E-state index in [-0.39, 0.29) is 12.6 Å². The van der Waals surface area contributed by atoms with E-state index in [0.29, 0.717) is 58.4 Å². The molecule has 0 aromatic heterocycles. The fraction of sp³-hybridized carbons (Fsp3) is 0.321.